The van der Waals surface area contributed by atoms with Gasteiger partial charge in [0.1, 0.15) is 0 Å². The third-order valence-electron chi connectivity index (χ3n) is 10.6. The number of hydrogen-bond donors (Lipinski definition) is 2. The standard InChI is InChI=1S/C38H48N8O6S4/c1-4-45(55(49,50)28-11-13-33(43-16-5-6-17-43)30(23-28)35(47)41-37-39-25-26(2)53-37)22-15-32-27(3)54-38(40-32)42-36(48)31-24-29(56(51,52)46-20-9-10-21-46)12-14-34(31)44-18-7-8-19-44/h11-14,23-25H,4-10,15-22H2,1-3H3,(H,39,41,47)(H,40,42,48). The number of amides is 2. The van der Waals surface area contributed by atoms with Crippen LogP contribution in [-0.2, 0) is 26.5 Å². The Morgan fingerprint density at radius 1 is 0.750 bits per heavy atom. The van der Waals surface area contributed by atoms with Gasteiger partial charge in [0.05, 0.1) is 26.6 Å². The first kappa shape index (κ1) is 40.3. The summed E-state index contributed by atoms with van der Waals surface area (Å²) in [6.45, 7) is 9.91. The van der Waals surface area contributed by atoms with Crippen molar-refractivity contribution >= 4 is 76.2 Å². The van der Waals surface area contributed by atoms with Gasteiger partial charge in [-0.05, 0) is 88.8 Å². The molecule has 2 N–H and O–H groups in total. The molecule has 0 saturated carbocycles. The van der Waals surface area contributed by atoms with Crippen LogP contribution >= 0.6 is 22.7 Å². The van der Waals surface area contributed by atoms with Gasteiger partial charge in [-0.1, -0.05) is 6.92 Å². The number of aromatic nitrogens is 2. The number of benzene rings is 2. The number of carbonyl (C=O) groups is 2. The summed E-state index contributed by atoms with van der Waals surface area (Å²) in [5, 5.41) is 6.55. The number of nitrogens with one attached hydrogen (secondary N) is 2. The van der Waals surface area contributed by atoms with E-state index in [1.165, 1.54) is 43.4 Å². The highest BCUT2D eigenvalue weighted by molar-refractivity contribution is 7.89. The molecule has 18 heteroatoms. The highest BCUT2D eigenvalue weighted by Crippen LogP contribution is 2.33. The fourth-order valence-electron chi connectivity index (χ4n) is 7.54. The number of anilines is 4. The molecule has 56 heavy (non-hydrogen) atoms. The lowest BCUT2D eigenvalue weighted by Crippen LogP contribution is -2.33. The van der Waals surface area contributed by atoms with Crippen molar-refractivity contribution in [2.75, 3.05) is 72.8 Å². The molecule has 3 aliphatic rings. The normalized spacial score (nSPS) is 16.6. The van der Waals surface area contributed by atoms with Gasteiger partial charge in [0, 0.05) is 86.1 Å². The molecule has 5 heterocycles. The molecule has 300 valence electrons. The molecule has 4 aromatic rings. The average molecular weight is 841 g/mol. The minimum absolute atomic E-state index is 0.0218. The molecule has 2 amide bonds. The molecular weight excluding hydrogens is 793 g/mol. The summed E-state index contributed by atoms with van der Waals surface area (Å²) in [6.07, 6.45) is 7.55. The van der Waals surface area contributed by atoms with Gasteiger partial charge in [0.25, 0.3) is 11.8 Å². The van der Waals surface area contributed by atoms with Crippen molar-refractivity contribution in [2.45, 2.75) is 75.5 Å². The van der Waals surface area contributed by atoms with E-state index in [-0.39, 0.29) is 40.4 Å². The largest absolute Gasteiger partial charge is 0.371 e. The number of aryl methyl sites for hydroxylation is 2. The van der Waals surface area contributed by atoms with Crippen molar-refractivity contribution in [2.24, 2.45) is 0 Å². The minimum Gasteiger partial charge on any atom is -0.371 e. The lowest BCUT2D eigenvalue weighted by Gasteiger charge is -2.24. The highest BCUT2D eigenvalue weighted by atomic mass is 32.2. The summed E-state index contributed by atoms with van der Waals surface area (Å²) in [5.41, 5.74) is 2.57. The van der Waals surface area contributed by atoms with E-state index in [2.05, 4.69) is 25.4 Å². The summed E-state index contributed by atoms with van der Waals surface area (Å²) in [6, 6.07) is 9.57. The van der Waals surface area contributed by atoms with Gasteiger partial charge < -0.3 is 9.80 Å². The third kappa shape index (κ3) is 8.50. The van der Waals surface area contributed by atoms with Crippen molar-refractivity contribution in [3.8, 4) is 0 Å². The van der Waals surface area contributed by atoms with Crippen LogP contribution in [0.2, 0.25) is 0 Å². The molecule has 0 atom stereocenters. The molecule has 14 nitrogen and oxygen atoms in total. The van der Waals surface area contributed by atoms with Crippen LogP contribution in [0.4, 0.5) is 21.6 Å². The van der Waals surface area contributed by atoms with E-state index in [0.29, 0.717) is 40.4 Å². The van der Waals surface area contributed by atoms with Crippen molar-refractivity contribution in [3.05, 3.63) is 69.2 Å². The molecule has 2 aromatic heterocycles. The van der Waals surface area contributed by atoms with Gasteiger partial charge >= 0.3 is 0 Å². The van der Waals surface area contributed by atoms with Gasteiger partial charge in [-0.3, -0.25) is 20.2 Å². The molecular formula is C38H48N8O6S4. The number of likely N-dealkylation sites (N-methyl/N-ethyl adjacent to an activating group) is 1. The summed E-state index contributed by atoms with van der Waals surface area (Å²) in [4.78, 5) is 42.5. The van der Waals surface area contributed by atoms with E-state index in [1.54, 1.807) is 37.4 Å². The van der Waals surface area contributed by atoms with E-state index >= 15 is 0 Å². The zero-order chi connectivity index (χ0) is 39.6. The predicted octanol–water partition coefficient (Wildman–Crippen LogP) is 5.96. The molecule has 0 unspecified atom stereocenters. The van der Waals surface area contributed by atoms with Gasteiger partial charge in [-0.15, -0.1) is 22.7 Å². The maximum absolute atomic E-state index is 14.1. The molecule has 0 radical (unpaired) electrons. The Kier molecular flexibility index (Phi) is 12.1. The Hall–Kier alpha value is -3.94. The van der Waals surface area contributed by atoms with Crippen molar-refractivity contribution in [1.29, 1.82) is 0 Å². The van der Waals surface area contributed by atoms with Gasteiger partial charge in [0.2, 0.25) is 20.0 Å². The van der Waals surface area contributed by atoms with E-state index in [9.17, 15) is 26.4 Å². The lowest BCUT2D eigenvalue weighted by atomic mass is 10.1. The fourth-order valence-corrected chi connectivity index (χ4v) is 12.1. The molecule has 7 rings (SSSR count). The Morgan fingerprint density at radius 2 is 1.29 bits per heavy atom. The summed E-state index contributed by atoms with van der Waals surface area (Å²) < 4.78 is 58.0. The van der Waals surface area contributed by atoms with E-state index < -0.39 is 31.9 Å². The van der Waals surface area contributed by atoms with E-state index in [0.717, 1.165) is 74.5 Å². The summed E-state index contributed by atoms with van der Waals surface area (Å²) >= 11 is 2.64. The van der Waals surface area contributed by atoms with Crippen LogP contribution in [0.1, 0.15) is 81.6 Å². The Morgan fingerprint density at radius 3 is 1.84 bits per heavy atom. The maximum atomic E-state index is 14.1. The number of thiazole rings is 2. The Bertz CT molecular complexity index is 2310. The maximum Gasteiger partial charge on any atom is 0.259 e. The Balaban J connectivity index is 1.08. The Labute approximate surface area is 337 Å². The van der Waals surface area contributed by atoms with E-state index in [1.807, 2.05) is 13.8 Å². The second-order valence-corrected chi connectivity index (χ2v) is 20.6. The smallest absolute Gasteiger partial charge is 0.259 e. The topological polar surface area (TPSA) is 165 Å². The van der Waals surface area contributed by atoms with Crippen molar-refractivity contribution in [1.82, 2.24) is 18.6 Å². The SMILES string of the molecule is CCN(CCc1nc(NC(=O)c2cc(S(=O)(=O)N3CCCC3)ccc2N2CCCC2)sc1C)S(=O)(=O)c1ccc(N2CCCC2)c(C(=O)Nc2ncc(C)s2)c1. The van der Waals surface area contributed by atoms with Crippen LogP contribution in [0, 0.1) is 13.8 Å². The van der Waals surface area contributed by atoms with Crippen LogP contribution in [0.5, 0.6) is 0 Å². The molecule has 3 aliphatic heterocycles. The second-order valence-electron chi connectivity index (χ2n) is 14.3. The molecule has 0 bridgehead atoms. The molecule has 3 fully saturated rings. The predicted molar refractivity (Wildman–Crippen MR) is 222 cm³/mol. The first-order chi connectivity index (χ1) is 26.8. The molecule has 2 aromatic carbocycles. The van der Waals surface area contributed by atoms with Gasteiger partial charge in [-0.2, -0.15) is 8.61 Å². The fraction of sp³-hybridized carbons (Fsp3) is 0.474. The van der Waals surface area contributed by atoms with Crippen LogP contribution in [0.25, 0.3) is 0 Å². The van der Waals surface area contributed by atoms with Crippen LogP contribution in [0.15, 0.2) is 52.4 Å². The zero-order valence-electron chi connectivity index (χ0n) is 31.9. The van der Waals surface area contributed by atoms with Gasteiger partial charge in [0.15, 0.2) is 10.3 Å². The van der Waals surface area contributed by atoms with Crippen molar-refractivity contribution < 1.29 is 26.4 Å². The van der Waals surface area contributed by atoms with Gasteiger partial charge in [-0.25, -0.2) is 26.8 Å². The minimum atomic E-state index is -4.01. The van der Waals surface area contributed by atoms with Crippen LogP contribution < -0.4 is 20.4 Å². The molecule has 0 aliphatic carbocycles. The number of hydrogen-bond acceptors (Lipinski definition) is 12. The monoisotopic (exact) mass is 840 g/mol. The third-order valence-corrected chi connectivity index (χ3v) is 16.2. The first-order valence-electron chi connectivity index (χ1n) is 19.1. The number of nitrogens with zero attached hydrogens (tertiary/aromatic N) is 6. The summed E-state index contributed by atoms with van der Waals surface area (Å²) in [7, 11) is -7.75. The number of sulfonamides is 2. The van der Waals surface area contributed by atoms with Crippen LogP contribution in [-0.4, -0.2) is 99.6 Å². The quantitative estimate of drug-likeness (QED) is 0.155. The van der Waals surface area contributed by atoms with Crippen molar-refractivity contribution in [3.63, 3.8) is 0 Å². The zero-order valence-corrected chi connectivity index (χ0v) is 35.2. The van der Waals surface area contributed by atoms with E-state index in [4.69, 9.17) is 4.98 Å². The number of carbonyl (C=O) groups excluding carboxylic acids is 2. The number of rotatable bonds is 14. The first-order valence-corrected chi connectivity index (χ1v) is 23.7. The average Bonchev–Trinajstić information content (AvgIpc) is 4.03. The second kappa shape index (κ2) is 16.9. The highest BCUT2D eigenvalue weighted by Gasteiger charge is 2.31. The lowest BCUT2D eigenvalue weighted by molar-refractivity contribution is 0.101. The molecule has 0 spiro atoms. The molecule has 3 saturated heterocycles. The summed E-state index contributed by atoms with van der Waals surface area (Å²) in [5.74, 6) is -0.868. The van der Waals surface area contributed by atoms with Crippen LogP contribution in [0.3, 0.4) is 0 Å².